The molecule has 0 fully saturated rings. The summed E-state index contributed by atoms with van der Waals surface area (Å²) in [5.41, 5.74) is 27.8. The number of nitrogens with zero attached hydrogens (tertiary/aromatic N) is 2. The molecule has 0 amide bonds. The molecule has 0 saturated heterocycles. The first kappa shape index (κ1) is 42.2. The van der Waals surface area contributed by atoms with Gasteiger partial charge in [0.05, 0.1) is 22.1 Å². The molecule has 2 heteroatoms. The van der Waals surface area contributed by atoms with E-state index in [0.29, 0.717) is 0 Å². The number of rotatable bonds is 5. The molecule has 0 N–H and O–H groups in total. The van der Waals surface area contributed by atoms with Crippen LogP contribution in [0.5, 0.6) is 0 Å². The van der Waals surface area contributed by atoms with Gasteiger partial charge in [0.25, 0.3) is 0 Å². The van der Waals surface area contributed by atoms with Crippen molar-refractivity contribution in [3.63, 3.8) is 0 Å². The number of anilines is 3. The summed E-state index contributed by atoms with van der Waals surface area (Å²) in [6, 6.07) is 87.7. The fraction of sp³-hybridized carbons (Fsp3) is 0.0811. The number of hydrogen-bond donors (Lipinski definition) is 0. The van der Waals surface area contributed by atoms with Gasteiger partial charge < -0.3 is 9.47 Å². The standard InChI is InChI=1S/C74H50N2/c1-73(2)65-33-17-29-59-57-27-8-13-34-67(57)76-68-35-14-9-28-58(68)61-44-60(71(73)70(69(59)65)72(61)76)49-21-16-23-51(42-49)75(50-22-15-20-47(41-50)48-37-36-45-18-3-4-19-46(45)40-48)52-38-39-56-55-26-7-12-32-64(55)74(66(56)43-52)62-30-10-5-24-53(62)54-25-6-11-31-63(54)74/h3-44,53,62H,1-2H3. The Morgan fingerprint density at radius 1 is 0.408 bits per heavy atom. The minimum atomic E-state index is -0.358. The third kappa shape index (κ3) is 5.40. The van der Waals surface area contributed by atoms with Crippen molar-refractivity contribution in [2.24, 2.45) is 5.92 Å². The summed E-state index contributed by atoms with van der Waals surface area (Å²) in [5, 5.41) is 5.05. The van der Waals surface area contributed by atoms with Crippen LogP contribution in [0.25, 0.3) is 93.9 Å². The maximum Gasteiger partial charge on any atom is 0.0623 e. The molecule has 1 aliphatic heterocycles. The first-order chi connectivity index (χ1) is 37.5. The van der Waals surface area contributed by atoms with Crippen molar-refractivity contribution in [2.75, 3.05) is 4.90 Å². The minimum absolute atomic E-state index is 0.236. The molecule has 0 bridgehead atoms. The molecule has 11 aromatic carbocycles. The van der Waals surface area contributed by atoms with E-state index in [4.69, 9.17) is 0 Å². The first-order valence-electron chi connectivity index (χ1n) is 27.0. The number of allylic oxidation sites excluding steroid dienone is 4. The Bertz CT molecular complexity index is 4600. The summed E-state index contributed by atoms with van der Waals surface area (Å²) in [4.78, 5) is 2.54. The molecule has 1 spiro atoms. The van der Waals surface area contributed by atoms with Crippen LogP contribution in [0.4, 0.5) is 17.1 Å². The fourth-order valence-electron chi connectivity index (χ4n) is 15.3. The second kappa shape index (κ2) is 15.2. The summed E-state index contributed by atoms with van der Waals surface area (Å²) in [7, 11) is 0. The summed E-state index contributed by atoms with van der Waals surface area (Å²) >= 11 is 0. The van der Waals surface area contributed by atoms with Gasteiger partial charge in [0.1, 0.15) is 0 Å². The number of fused-ring (bicyclic) bond motifs is 17. The fourth-order valence-corrected chi connectivity index (χ4v) is 15.3. The van der Waals surface area contributed by atoms with Crippen molar-refractivity contribution in [1.29, 1.82) is 0 Å². The minimum Gasteiger partial charge on any atom is -0.310 e. The summed E-state index contributed by atoms with van der Waals surface area (Å²) in [6.07, 6.45) is 9.47. The largest absolute Gasteiger partial charge is 0.310 e. The van der Waals surface area contributed by atoms with Gasteiger partial charge in [0.15, 0.2) is 0 Å². The SMILES string of the molecule is CC1(C)c2cccc3c2-c2c1c(-c1cccc(N(c4cccc(-c5ccc6ccccc6c5)c4)c4ccc5c(c4)C4(c6ccccc6-5)c5ccccc5C5C=CC=CC54)c1)cc1c4ccccc4n(c21)-c1ccccc1-3. The molecule has 0 saturated carbocycles. The predicted octanol–water partition coefficient (Wildman–Crippen LogP) is 19.2. The number of hydrogen-bond acceptors (Lipinski definition) is 1. The number of benzene rings is 11. The molecular weight excluding hydrogens is 917 g/mol. The Morgan fingerprint density at radius 3 is 1.96 bits per heavy atom. The van der Waals surface area contributed by atoms with Gasteiger partial charge in [-0.1, -0.05) is 208 Å². The van der Waals surface area contributed by atoms with Crippen molar-refractivity contribution in [3.05, 3.63) is 288 Å². The Kier molecular flexibility index (Phi) is 8.42. The lowest BCUT2D eigenvalue weighted by atomic mass is 9.65. The van der Waals surface area contributed by atoms with Crippen LogP contribution < -0.4 is 4.90 Å². The van der Waals surface area contributed by atoms with E-state index in [-0.39, 0.29) is 22.7 Å². The lowest BCUT2D eigenvalue weighted by molar-refractivity contribution is 0.465. The van der Waals surface area contributed by atoms with Crippen LogP contribution in [0.3, 0.4) is 0 Å². The molecule has 3 atom stereocenters. The lowest BCUT2D eigenvalue weighted by Gasteiger charge is -2.37. The average Bonchev–Trinajstić information content (AvgIpc) is 4.33. The zero-order chi connectivity index (χ0) is 50.0. The Hall–Kier alpha value is -9.24. The lowest BCUT2D eigenvalue weighted by Crippen LogP contribution is -2.33. The highest BCUT2D eigenvalue weighted by Gasteiger charge is 2.57. The quantitative estimate of drug-likeness (QED) is 0.167. The van der Waals surface area contributed by atoms with Crippen molar-refractivity contribution in [1.82, 2.24) is 4.57 Å². The van der Waals surface area contributed by atoms with Crippen molar-refractivity contribution in [2.45, 2.75) is 30.6 Å². The van der Waals surface area contributed by atoms with E-state index < -0.39 is 0 Å². The highest BCUT2D eigenvalue weighted by atomic mass is 15.1. The number of para-hydroxylation sites is 2. The smallest absolute Gasteiger partial charge is 0.0623 e. The molecule has 17 rings (SSSR count). The Morgan fingerprint density at radius 2 is 1.07 bits per heavy atom. The van der Waals surface area contributed by atoms with Crippen molar-refractivity contribution < 1.29 is 0 Å². The zero-order valence-corrected chi connectivity index (χ0v) is 42.3. The van der Waals surface area contributed by atoms with E-state index in [1.165, 1.54) is 127 Å². The highest BCUT2D eigenvalue weighted by molar-refractivity contribution is 6.20. The maximum absolute atomic E-state index is 2.57. The summed E-state index contributed by atoms with van der Waals surface area (Å²) in [5.74, 6) is 0.522. The van der Waals surface area contributed by atoms with Gasteiger partial charge in [0, 0.05) is 56.2 Å². The van der Waals surface area contributed by atoms with Gasteiger partial charge in [0.2, 0.25) is 0 Å². The van der Waals surface area contributed by atoms with Crippen LogP contribution in [0.1, 0.15) is 53.1 Å². The van der Waals surface area contributed by atoms with Crippen LogP contribution in [0, 0.1) is 5.92 Å². The van der Waals surface area contributed by atoms with Crippen LogP contribution >= 0.6 is 0 Å². The molecule has 5 aliphatic rings. The van der Waals surface area contributed by atoms with E-state index >= 15 is 0 Å². The van der Waals surface area contributed by atoms with Crippen LogP contribution in [-0.2, 0) is 10.8 Å². The van der Waals surface area contributed by atoms with Gasteiger partial charge in [-0.05, 0) is 149 Å². The normalized spacial score (nSPS) is 18.2. The molecule has 2 heterocycles. The second-order valence-corrected chi connectivity index (χ2v) is 22.3. The van der Waals surface area contributed by atoms with Gasteiger partial charge in [-0.2, -0.15) is 0 Å². The van der Waals surface area contributed by atoms with E-state index in [2.05, 4.69) is 278 Å². The molecule has 76 heavy (non-hydrogen) atoms. The maximum atomic E-state index is 2.57. The van der Waals surface area contributed by atoms with Gasteiger partial charge >= 0.3 is 0 Å². The molecular formula is C74H50N2. The Balaban J connectivity index is 0.920. The molecule has 4 aliphatic carbocycles. The van der Waals surface area contributed by atoms with Gasteiger partial charge in [-0.15, -0.1) is 0 Å². The summed E-state index contributed by atoms with van der Waals surface area (Å²) < 4.78 is 2.57. The molecule has 3 unspecified atom stereocenters. The van der Waals surface area contributed by atoms with Crippen molar-refractivity contribution >= 4 is 49.6 Å². The third-order valence-corrected chi connectivity index (χ3v) is 18.3. The monoisotopic (exact) mass is 966 g/mol. The van der Waals surface area contributed by atoms with Gasteiger partial charge in [-0.25, -0.2) is 0 Å². The van der Waals surface area contributed by atoms with E-state index in [1.54, 1.807) is 0 Å². The molecule has 0 radical (unpaired) electrons. The average molecular weight is 967 g/mol. The van der Waals surface area contributed by atoms with Crippen LogP contribution in [0.15, 0.2) is 255 Å². The van der Waals surface area contributed by atoms with Crippen molar-refractivity contribution in [3.8, 4) is 61.3 Å². The van der Waals surface area contributed by atoms with Gasteiger partial charge in [-0.3, -0.25) is 0 Å². The van der Waals surface area contributed by atoms with E-state index in [1.807, 2.05) is 0 Å². The first-order valence-corrected chi connectivity index (χ1v) is 27.0. The molecule has 2 nitrogen and oxygen atoms in total. The topological polar surface area (TPSA) is 8.17 Å². The molecule has 12 aromatic rings. The highest BCUT2D eigenvalue weighted by Crippen LogP contribution is 2.66. The predicted molar refractivity (Wildman–Crippen MR) is 317 cm³/mol. The molecule has 356 valence electrons. The zero-order valence-electron chi connectivity index (χ0n) is 42.3. The number of aromatic nitrogens is 1. The Labute approximate surface area is 442 Å². The summed E-state index contributed by atoms with van der Waals surface area (Å²) in [6.45, 7) is 4.90. The molecule has 1 aromatic heterocycles. The van der Waals surface area contributed by atoms with E-state index in [0.717, 1.165) is 17.1 Å². The third-order valence-electron chi connectivity index (χ3n) is 18.3. The van der Waals surface area contributed by atoms with Crippen LogP contribution in [0.2, 0.25) is 0 Å². The van der Waals surface area contributed by atoms with Crippen LogP contribution in [-0.4, -0.2) is 4.57 Å². The second-order valence-electron chi connectivity index (χ2n) is 22.3. The van der Waals surface area contributed by atoms with E-state index in [9.17, 15) is 0 Å².